The van der Waals surface area contributed by atoms with Crippen LogP contribution in [0.5, 0.6) is 0 Å². The Hall–Kier alpha value is -0.930. The molecule has 0 spiro atoms. The van der Waals surface area contributed by atoms with Crippen molar-refractivity contribution in [2.45, 2.75) is 26.8 Å². The highest BCUT2D eigenvalue weighted by atomic mass is 32.2. The summed E-state index contributed by atoms with van der Waals surface area (Å²) < 4.78 is 2.42. The minimum Gasteiger partial charge on any atom is -0.346 e. The lowest BCUT2D eigenvalue weighted by molar-refractivity contribution is 0.714. The van der Waals surface area contributed by atoms with E-state index in [0.717, 1.165) is 26.1 Å². The molecule has 0 fully saturated rings. The average molecular weight is 276 g/mol. The Bertz CT molecular complexity index is 460. The number of thioether (sulfide) groups is 1. The number of benzene rings is 1. The van der Waals surface area contributed by atoms with Crippen LogP contribution < -0.4 is 5.32 Å². The van der Waals surface area contributed by atoms with Crippen LogP contribution in [-0.2, 0) is 13.0 Å². The molecule has 0 atom stereocenters. The summed E-state index contributed by atoms with van der Waals surface area (Å²) in [4.78, 5) is 0. The Balaban J connectivity index is 2.16. The van der Waals surface area contributed by atoms with E-state index in [1.165, 1.54) is 28.0 Å². The van der Waals surface area contributed by atoms with Gasteiger partial charge in [-0.15, -0.1) is 0 Å². The van der Waals surface area contributed by atoms with Gasteiger partial charge in [0.2, 0.25) is 0 Å². The number of hydrogen-bond donors (Lipinski definition) is 1. The summed E-state index contributed by atoms with van der Waals surface area (Å²) in [6.07, 6.45) is 3.46. The Morgan fingerprint density at radius 3 is 2.84 bits per heavy atom. The molecule has 1 aromatic heterocycles. The summed E-state index contributed by atoms with van der Waals surface area (Å²) in [7, 11) is 0. The van der Waals surface area contributed by atoms with Gasteiger partial charge >= 0.3 is 0 Å². The zero-order valence-electron chi connectivity index (χ0n) is 12.0. The Labute approximate surface area is 120 Å². The fraction of sp³-hybridized carbons (Fsp3) is 0.500. The summed E-state index contributed by atoms with van der Waals surface area (Å²) in [6, 6.07) is 8.77. The van der Waals surface area contributed by atoms with E-state index in [2.05, 4.69) is 54.2 Å². The molecule has 1 N–H and O–H groups in total. The van der Waals surface area contributed by atoms with E-state index >= 15 is 0 Å². The van der Waals surface area contributed by atoms with Gasteiger partial charge < -0.3 is 9.88 Å². The molecule has 0 saturated carbocycles. The predicted molar refractivity (Wildman–Crippen MR) is 87.2 cm³/mol. The highest BCUT2D eigenvalue weighted by Gasteiger charge is 2.07. The van der Waals surface area contributed by atoms with Crippen molar-refractivity contribution in [2.24, 2.45) is 0 Å². The third kappa shape index (κ3) is 3.77. The van der Waals surface area contributed by atoms with E-state index in [9.17, 15) is 0 Å². The molecule has 1 heterocycles. The molecule has 0 bridgehead atoms. The number of aryl methyl sites for hydroxylation is 1. The predicted octanol–water partition coefficient (Wildman–Crippen LogP) is 3.55. The molecule has 0 saturated heterocycles. The summed E-state index contributed by atoms with van der Waals surface area (Å²) in [6.45, 7) is 7.60. The zero-order chi connectivity index (χ0) is 13.5. The number of para-hydroxylation sites is 1. The zero-order valence-corrected chi connectivity index (χ0v) is 12.8. The van der Waals surface area contributed by atoms with E-state index < -0.39 is 0 Å². The lowest BCUT2D eigenvalue weighted by Gasteiger charge is -2.03. The van der Waals surface area contributed by atoms with Gasteiger partial charge in [0.15, 0.2) is 0 Å². The molecule has 2 aromatic rings. The smallest absolute Gasteiger partial charge is 0.0483 e. The summed E-state index contributed by atoms with van der Waals surface area (Å²) in [5, 5.41) is 4.83. The van der Waals surface area contributed by atoms with Crippen LogP contribution in [0.15, 0.2) is 30.5 Å². The van der Waals surface area contributed by atoms with Gasteiger partial charge in [0, 0.05) is 29.4 Å². The van der Waals surface area contributed by atoms with E-state index in [-0.39, 0.29) is 0 Å². The van der Waals surface area contributed by atoms with Gasteiger partial charge in [0.25, 0.3) is 0 Å². The van der Waals surface area contributed by atoms with Crippen molar-refractivity contribution < 1.29 is 0 Å². The second-order valence-electron chi connectivity index (χ2n) is 4.67. The molecule has 0 aliphatic heterocycles. The number of likely N-dealkylation sites (N-methyl/N-ethyl adjacent to an activating group) is 1. The van der Waals surface area contributed by atoms with Crippen LogP contribution in [0.3, 0.4) is 0 Å². The largest absolute Gasteiger partial charge is 0.346 e. The number of nitrogens with zero attached hydrogens (tertiary/aromatic N) is 1. The molecule has 0 unspecified atom stereocenters. The monoisotopic (exact) mass is 276 g/mol. The second-order valence-corrected chi connectivity index (χ2v) is 6.06. The first-order valence-corrected chi connectivity index (χ1v) is 8.37. The molecule has 0 amide bonds. The molecule has 2 rings (SSSR count). The molecule has 0 radical (unpaired) electrons. The molecule has 104 valence electrons. The third-order valence-electron chi connectivity index (χ3n) is 3.37. The quantitative estimate of drug-likeness (QED) is 0.743. The van der Waals surface area contributed by atoms with Gasteiger partial charge in [-0.2, -0.15) is 11.8 Å². The molecule has 0 aliphatic carbocycles. The van der Waals surface area contributed by atoms with Crippen LogP contribution in [0, 0.1) is 0 Å². The highest BCUT2D eigenvalue weighted by Crippen LogP contribution is 2.22. The van der Waals surface area contributed by atoms with Crippen molar-refractivity contribution in [1.29, 1.82) is 0 Å². The Morgan fingerprint density at radius 1 is 1.21 bits per heavy atom. The van der Waals surface area contributed by atoms with Crippen molar-refractivity contribution in [2.75, 3.05) is 24.6 Å². The molecule has 0 aliphatic rings. The first-order chi connectivity index (χ1) is 9.36. The first-order valence-electron chi connectivity index (χ1n) is 7.22. The maximum absolute atomic E-state index is 3.41. The molecular formula is C16H24N2S. The number of rotatable bonds is 8. The van der Waals surface area contributed by atoms with Crippen LogP contribution in [0.4, 0.5) is 0 Å². The van der Waals surface area contributed by atoms with E-state index in [1.807, 2.05) is 11.8 Å². The first kappa shape index (κ1) is 14.5. The van der Waals surface area contributed by atoms with Crippen LogP contribution >= 0.6 is 11.8 Å². The Morgan fingerprint density at radius 2 is 2.05 bits per heavy atom. The van der Waals surface area contributed by atoms with Gasteiger partial charge in [-0.05, 0) is 36.9 Å². The lowest BCUT2D eigenvalue weighted by Crippen LogP contribution is -2.15. The maximum Gasteiger partial charge on any atom is 0.0483 e. The highest BCUT2D eigenvalue weighted by molar-refractivity contribution is 7.99. The number of hydrogen-bond acceptors (Lipinski definition) is 2. The molecule has 3 heteroatoms. The molecular weight excluding hydrogens is 252 g/mol. The molecule has 19 heavy (non-hydrogen) atoms. The van der Waals surface area contributed by atoms with Crippen molar-refractivity contribution >= 4 is 22.7 Å². The van der Waals surface area contributed by atoms with Crippen LogP contribution in [0.25, 0.3) is 10.9 Å². The SMILES string of the molecule is CCNCCc1cn(CCSCC)c2ccccc12. The normalized spacial score (nSPS) is 11.3. The fourth-order valence-electron chi connectivity index (χ4n) is 2.41. The van der Waals surface area contributed by atoms with Gasteiger partial charge in [-0.25, -0.2) is 0 Å². The van der Waals surface area contributed by atoms with Crippen molar-refractivity contribution in [3.8, 4) is 0 Å². The fourth-order valence-corrected chi connectivity index (χ4v) is 3.03. The van der Waals surface area contributed by atoms with Gasteiger partial charge in [0.05, 0.1) is 0 Å². The summed E-state index contributed by atoms with van der Waals surface area (Å²) in [5.41, 5.74) is 2.85. The second kappa shape index (κ2) is 7.61. The van der Waals surface area contributed by atoms with Gasteiger partial charge in [-0.3, -0.25) is 0 Å². The average Bonchev–Trinajstić information content (AvgIpc) is 2.79. The van der Waals surface area contributed by atoms with Crippen molar-refractivity contribution in [3.05, 3.63) is 36.0 Å². The van der Waals surface area contributed by atoms with Gasteiger partial charge in [0.1, 0.15) is 0 Å². The van der Waals surface area contributed by atoms with Crippen molar-refractivity contribution in [1.82, 2.24) is 9.88 Å². The molecule has 2 nitrogen and oxygen atoms in total. The van der Waals surface area contributed by atoms with E-state index in [0.29, 0.717) is 0 Å². The summed E-state index contributed by atoms with van der Waals surface area (Å²) >= 11 is 2.01. The van der Waals surface area contributed by atoms with Crippen LogP contribution in [0.1, 0.15) is 19.4 Å². The Kier molecular flexibility index (Phi) is 5.80. The minimum absolute atomic E-state index is 1.05. The minimum atomic E-state index is 1.05. The maximum atomic E-state index is 3.41. The number of fused-ring (bicyclic) bond motifs is 1. The van der Waals surface area contributed by atoms with E-state index in [1.54, 1.807) is 0 Å². The topological polar surface area (TPSA) is 17.0 Å². The third-order valence-corrected chi connectivity index (χ3v) is 4.25. The number of nitrogens with one attached hydrogen (secondary N) is 1. The lowest BCUT2D eigenvalue weighted by atomic mass is 10.1. The van der Waals surface area contributed by atoms with E-state index in [4.69, 9.17) is 0 Å². The van der Waals surface area contributed by atoms with Crippen LogP contribution in [-0.4, -0.2) is 29.2 Å². The summed E-state index contributed by atoms with van der Waals surface area (Å²) in [5.74, 6) is 2.40. The van der Waals surface area contributed by atoms with Crippen molar-refractivity contribution in [3.63, 3.8) is 0 Å². The van der Waals surface area contributed by atoms with Gasteiger partial charge in [-0.1, -0.05) is 32.0 Å². The molecule has 1 aromatic carbocycles. The standard InChI is InChI=1S/C16H24N2S/c1-3-17-10-9-14-13-18(11-12-19-4-2)16-8-6-5-7-15(14)16/h5-8,13,17H,3-4,9-12H2,1-2H3. The van der Waals surface area contributed by atoms with Crippen LogP contribution in [0.2, 0.25) is 0 Å². The number of aromatic nitrogens is 1.